The average Bonchev–Trinajstić information content (AvgIpc) is 3.31. The molecule has 1 saturated heterocycles. The molecule has 2 N–H and O–H groups in total. The number of aromatic nitrogens is 1. The Bertz CT molecular complexity index is 1410. The van der Waals surface area contributed by atoms with Crippen molar-refractivity contribution in [2.24, 2.45) is 0 Å². The molecular formula is C29H37N5O5S. The van der Waals surface area contributed by atoms with Crippen molar-refractivity contribution < 1.29 is 22.4 Å². The number of ether oxygens (including phenoxy) is 2. The lowest BCUT2D eigenvalue weighted by molar-refractivity contribution is 0.0846. The first-order chi connectivity index (χ1) is 19.3. The highest BCUT2D eigenvalue weighted by atomic mass is 32.2. The van der Waals surface area contributed by atoms with E-state index < -0.39 is 10.0 Å². The summed E-state index contributed by atoms with van der Waals surface area (Å²) in [7, 11) is -2.23. The lowest BCUT2D eigenvalue weighted by Crippen LogP contribution is -2.39. The van der Waals surface area contributed by atoms with Gasteiger partial charge in [0, 0.05) is 51.1 Å². The number of benzene rings is 2. The van der Waals surface area contributed by atoms with E-state index >= 15 is 0 Å². The Balaban J connectivity index is 1.67. The second-order valence-electron chi connectivity index (χ2n) is 9.88. The maximum absolute atomic E-state index is 13.1. The van der Waals surface area contributed by atoms with Crippen LogP contribution in [0.5, 0.6) is 0 Å². The van der Waals surface area contributed by atoms with Gasteiger partial charge in [0.1, 0.15) is 10.6 Å². The number of nitrogens with zero attached hydrogens (tertiary/aromatic N) is 3. The SMILES string of the molecule is CCN(c1ccc([C@H](CNS(=O)(=O)c2c(C)noc2C)COC)cc1Nc1ccc(C#N)cc1)C1CCOCC1. The molecule has 0 aliphatic carbocycles. The standard InChI is InChI=1S/C29H37N5O5S/c1-5-34(26-12-14-38-15-13-26)28-11-8-23(16-27(28)32-25-9-6-22(17-30)7-10-25)24(19-37-4)18-31-40(35,36)29-20(2)33-39-21(29)3/h6-11,16,24,26,31-32H,5,12-15,18-19H2,1-4H3/t24-/m1/s1. The first kappa shape index (κ1) is 29.6. The molecule has 40 heavy (non-hydrogen) atoms. The molecule has 3 aromatic rings. The number of nitriles is 1. The average molecular weight is 568 g/mol. The molecule has 4 rings (SSSR count). The van der Waals surface area contributed by atoms with E-state index in [1.54, 1.807) is 33.1 Å². The summed E-state index contributed by atoms with van der Waals surface area (Å²) in [4.78, 5) is 2.46. The molecule has 0 spiro atoms. The van der Waals surface area contributed by atoms with Crippen molar-refractivity contribution in [2.75, 3.05) is 50.2 Å². The van der Waals surface area contributed by atoms with Crippen molar-refractivity contribution in [3.05, 3.63) is 65.0 Å². The zero-order valence-corrected chi connectivity index (χ0v) is 24.3. The third kappa shape index (κ3) is 6.82. The minimum atomic E-state index is -3.83. The second kappa shape index (κ2) is 13.3. The zero-order valence-electron chi connectivity index (χ0n) is 23.4. The normalized spacial score (nSPS) is 15.0. The van der Waals surface area contributed by atoms with Crippen LogP contribution in [0.15, 0.2) is 51.9 Å². The molecule has 1 atom stereocenters. The fourth-order valence-corrected chi connectivity index (χ4v) is 6.59. The number of hydrogen-bond acceptors (Lipinski definition) is 9. The number of methoxy groups -OCH3 is 1. The molecule has 2 heterocycles. The Morgan fingerprint density at radius 2 is 1.90 bits per heavy atom. The van der Waals surface area contributed by atoms with Crippen LogP contribution in [-0.2, 0) is 19.5 Å². The number of anilines is 3. The van der Waals surface area contributed by atoms with E-state index in [0.29, 0.717) is 23.9 Å². The number of nitrogens with one attached hydrogen (secondary N) is 2. The van der Waals surface area contributed by atoms with Gasteiger partial charge in [-0.15, -0.1) is 0 Å². The van der Waals surface area contributed by atoms with E-state index in [1.807, 2.05) is 18.2 Å². The third-order valence-corrected chi connectivity index (χ3v) is 8.86. The molecule has 0 amide bonds. The second-order valence-corrected chi connectivity index (χ2v) is 11.6. The van der Waals surface area contributed by atoms with Gasteiger partial charge in [-0.05, 0) is 75.6 Å². The minimum Gasteiger partial charge on any atom is -0.384 e. The maximum atomic E-state index is 13.1. The van der Waals surface area contributed by atoms with Crippen LogP contribution >= 0.6 is 0 Å². The van der Waals surface area contributed by atoms with Crippen LogP contribution in [0, 0.1) is 25.2 Å². The molecule has 0 radical (unpaired) electrons. The van der Waals surface area contributed by atoms with Crippen molar-refractivity contribution >= 4 is 27.1 Å². The van der Waals surface area contributed by atoms with Crippen molar-refractivity contribution in [1.29, 1.82) is 5.26 Å². The molecule has 0 saturated carbocycles. The fraction of sp³-hybridized carbons (Fsp3) is 0.448. The van der Waals surface area contributed by atoms with Gasteiger partial charge in [-0.1, -0.05) is 11.2 Å². The van der Waals surface area contributed by atoms with E-state index in [0.717, 1.165) is 55.2 Å². The molecule has 1 aliphatic rings. The number of hydrogen-bond donors (Lipinski definition) is 2. The molecule has 2 aromatic carbocycles. The maximum Gasteiger partial charge on any atom is 0.245 e. The van der Waals surface area contributed by atoms with E-state index in [4.69, 9.17) is 14.0 Å². The molecule has 1 fully saturated rings. The number of rotatable bonds is 12. The predicted octanol–water partition coefficient (Wildman–Crippen LogP) is 4.62. The Kier molecular flexibility index (Phi) is 9.81. The summed E-state index contributed by atoms with van der Waals surface area (Å²) in [6.07, 6.45) is 1.89. The van der Waals surface area contributed by atoms with Crippen molar-refractivity contribution in [3.8, 4) is 6.07 Å². The van der Waals surface area contributed by atoms with Crippen molar-refractivity contribution in [1.82, 2.24) is 9.88 Å². The highest BCUT2D eigenvalue weighted by Crippen LogP contribution is 2.35. The quantitative estimate of drug-likeness (QED) is 0.322. The van der Waals surface area contributed by atoms with Crippen LogP contribution in [0.2, 0.25) is 0 Å². The molecule has 10 nitrogen and oxygen atoms in total. The monoisotopic (exact) mass is 567 g/mol. The van der Waals surface area contributed by atoms with Gasteiger partial charge in [0.2, 0.25) is 10.0 Å². The highest BCUT2D eigenvalue weighted by Gasteiger charge is 2.27. The van der Waals surface area contributed by atoms with E-state index in [-0.39, 0.29) is 23.1 Å². The zero-order chi connectivity index (χ0) is 28.7. The van der Waals surface area contributed by atoms with Crippen LogP contribution in [-0.4, -0.2) is 59.6 Å². The summed E-state index contributed by atoms with van der Waals surface area (Å²) in [6.45, 7) is 8.08. The number of aryl methyl sites for hydroxylation is 2. The van der Waals surface area contributed by atoms with Crippen molar-refractivity contribution in [3.63, 3.8) is 0 Å². The van der Waals surface area contributed by atoms with Crippen molar-refractivity contribution in [2.45, 2.75) is 50.5 Å². The molecule has 214 valence electrons. The summed E-state index contributed by atoms with van der Waals surface area (Å²) >= 11 is 0. The van der Waals surface area contributed by atoms with Gasteiger partial charge in [-0.2, -0.15) is 5.26 Å². The van der Waals surface area contributed by atoms with E-state index in [9.17, 15) is 13.7 Å². The van der Waals surface area contributed by atoms with Crippen LogP contribution in [0.25, 0.3) is 0 Å². The molecule has 1 aromatic heterocycles. The number of sulfonamides is 1. The molecule has 1 aliphatic heterocycles. The van der Waals surface area contributed by atoms with Gasteiger partial charge in [0.15, 0.2) is 5.76 Å². The molecule has 0 unspecified atom stereocenters. The third-order valence-electron chi connectivity index (χ3n) is 7.19. The highest BCUT2D eigenvalue weighted by molar-refractivity contribution is 7.89. The van der Waals surface area contributed by atoms with Crippen LogP contribution < -0.4 is 14.9 Å². The van der Waals surface area contributed by atoms with E-state index in [2.05, 4.69) is 45.2 Å². The van der Waals surface area contributed by atoms with Gasteiger partial charge < -0.3 is 24.2 Å². The first-order valence-electron chi connectivity index (χ1n) is 13.4. The topological polar surface area (TPSA) is 130 Å². The van der Waals surface area contributed by atoms with Crippen LogP contribution in [0.1, 0.15) is 48.3 Å². The summed E-state index contributed by atoms with van der Waals surface area (Å²) < 4.78 is 45.1. The van der Waals surface area contributed by atoms with Crippen LogP contribution in [0.3, 0.4) is 0 Å². The Morgan fingerprint density at radius 3 is 2.50 bits per heavy atom. The van der Waals surface area contributed by atoms with Gasteiger partial charge in [0.05, 0.1) is 29.6 Å². The summed E-state index contributed by atoms with van der Waals surface area (Å²) in [5.74, 6) is -0.00622. The predicted molar refractivity (Wildman–Crippen MR) is 154 cm³/mol. The molecule has 11 heteroatoms. The lowest BCUT2D eigenvalue weighted by Gasteiger charge is -2.37. The van der Waals surface area contributed by atoms with Gasteiger partial charge in [-0.3, -0.25) is 0 Å². The summed E-state index contributed by atoms with van der Waals surface area (Å²) in [5.41, 5.74) is 4.62. The largest absolute Gasteiger partial charge is 0.384 e. The first-order valence-corrected chi connectivity index (χ1v) is 14.9. The van der Waals surface area contributed by atoms with Crippen LogP contribution in [0.4, 0.5) is 17.1 Å². The Labute approximate surface area is 236 Å². The minimum absolute atomic E-state index is 0.0669. The van der Waals surface area contributed by atoms with Gasteiger partial charge in [-0.25, -0.2) is 13.1 Å². The lowest BCUT2D eigenvalue weighted by atomic mass is 9.97. The van der Waals surface area contributed by atoms with E-state index in [1.165, 1.54) is 0 Å². The molecular weight excluding hydrogens is 530 g/mol. The molecule has 0 bridgehead atoms. The smallest absolute Gasteiger partial charge is 0.245 e. The Morgan fingerprint density at radius 1 is 1.18 bits per heavy atom. The Hall–Kier alpha value is -3.43. The van der Waals surface area contributed by atoms with Gasteiger partial charge >= 0.3 is 0 Å². The summed E-state index contributed by atoms with van der Waals surface area (Å²) in [6, 6.07) is 16.0. The van der Waals surface area contributed by atoms with Gasteiger partial charge in [0.25, 0.3) is 0 Å². The summed E-state index contributed by atoms with van der Waals surface area (Å²) in [5, 5.41) is 16.5. The fourth-order valence-electron chi connectivity index (χ4n) is 5.18.